The quantitative estimate of drug-likeness (QED) is 0.535. The van der Waals surface area contributed by atoms with Crippen LogP contribution in [0.25, 0.3) is 10.8 Å². The van der Waals surface area contributed by atoms with Crippen LogP contribution < -0.4 is 0 Å². The van der Waals surface area contributed by atoms with Crippen molar-refractivity contribution in [3.63, 3.8) is 0 Å². The summed E-state index contributed by atoms with van der Waals surface area (Å²) in [4.78, 5) is 0. The standard InChI is InChI=1S/C13H14N2/c1-15(2)14-10-11-7-8-12-5-3-4-6-13(12)9-11/h3-10H,1-2H3/b14-10+. The maximum absolute atomic E-state index is 4.21. The molecule has 2 heteroatoms. The average Bonchev–Trinajstić information content (AvgIpc) is 2.26. The van der Waals surface area contributed by atoms with Crippen LogP contribution in [-0.4, -0.2) is 25.3 Å². The Morgan fingerprint density at radius 1 is 1.00 bits per heavy atom. The third-order valence-corrected chi connectivity index (χ3v) is 2.21. The minimum atomic E-state index is 1.13. The van der Waals surface area contributed by atoms with E-state index in [2.05, 4.69) is 47.6 Å². The van der Waals surface area contributed by atoms with Crippen LogP contribution in [-0.2, 0) is 0 Å². The summed E-state index contributed by atoms with van der Waals surface area (Å²) in [5, 5.41) is 8.51. The lowest BCUT2D eigenvalue weighted by atomic mass is 10.1. The predicted octanol–water partition coefficient (Wildman–Crippen LogP) is 2.74. The molecular formula is C13H14N2. The third-order valence-electron chi connectivity index (χ3n) is 2.21. The van der Waals surface area contributed by atoms with Crippen LogP contribution in [0.1, 0.15) is 5.56 Å². The third kappa shape index (κ3) is 2.34. The van der Waals surface area contributed by atoms with Crippen LogP contribution in [0.15, 0.2) is 47.6 Å². The lowest BCUT2D eigenvalue weighted by Gasteiger charge is -2.03. The molecule has 76 valence electrons. The highest BCUT2D eigenvalue weighted by Gasteiger charge is 1.93. The van der Waals surface area contributed by atoms with Gasteiger partial charge in [-0.2, -0.15) is 5.10 Å². The van der Waals surface area contributed by atoms with Gasteiger partial charge in [-0.05, 0) is 22.4 Å². The van der Waals surface area contributed by atoms with E-state index in [0.717, 1.165) is 5.56 Å². The highest BCUT2D eigenvalue weighted by atomic mass is 15.4. The second-order valence-corrected chi connectivity index (χ2v) is 3.70. The second-order valence-electron chi connectivity index (χ2n) is 3.70. The fourth-order valence-corrected chi connectivity index (χ4v) is 1.47. The Hall–Kier alpha value is -1.83. The summed E-state index contributed by atoms with van der Waals surface area (Å²) < 4.78 is 0. The number of hydrogen-bond acceptors (Lipinski definition) is 2. The number of hydrogen-bond donors (Lipinski definition) is 0. The van der Waals surface area contributed by atoms with E-state index in [9.17, 15) is 0 Å². The molecule has 0 amide bonds. The van der Waals surface area contributed by atoms with E-state index in [1.165, 1.54) is 10.8 Å². The van der Waals surface area contributed by atoms with E-state index in [-0.39, 0.29) is 0 Å². The molecule has 15 heavy (non-hydrogen) atoms. The lowest BCUT2D eigenvalue weighted by molar-refractivity contribution is 0.440. The van der Waals surface area contributed by atoms with E-state index in [1.54, 1.807) is 5.01 Å². The summed E-state index contributed by atoms with van der Waals surface area (Å²) in [6.45, 7) is 0. The maximum atomic E-state index is 4.21. The maximum Gasteiger partial charge on any atom is 0.0542 e. The molecule has 2 nitrogen and oxygen atoms in total. The van der Waals surface area contributed by atoms with E-state index in [4.69, 9.17) is 0 Å². The largest absolute Gasteiger partial charge is 0.303 e. The summed E-state index contributed by atoms with van der Waals surface area (Å²) in [5.41, 5.74) is 1.13. The van der Waals surface area contributed by atoms with Crippen molar-refractivity contribution in [1.29, 1.82) is 0 Å². The first-order chi connectivity index (χ1) is 7.25. The molecule has 2 aromatic rings. The first kappa shape index (κ1) is 9.71. The molecule has 0 heterocycles. The molecule has 0 aliphatic carbocycles. The molecule has 0 aliphatic heterocycles. The monoisotopic (exact) mass is 198 g/mol. The minimum absolute atomic E-state index is 1.13. The zero-order valence-corrected chi connectivity index (χ0v) is 9.01. The molecule has 0 bridgehead atoms. The smallest absolute Gasteiger partial charge is 0.0542 e. The number of nitrogens with zero attached hydrogens (tertiary/aromatic N) is 2. The number of benzene rings is 2. The van der Waals surface area contributed by atoms with E-state index < -0.39 is 0 Å². The molecular weight excluding hydrogens is 184 g/mol. The Kier molecular flexibility index (Phi) is 2.68. The highest BCUT2D eigenvalue weighted by Crippen LogP contribution is 2.14. The van der Waals surface area contributed by atoms with Gasteiger partial charge < -0.3 is 5.01 Å². The zero-order valence-electron chi connectivity index (χ0n) is 9.01. The molecule has 0 N–H and O–H groups in total. The summed E-state index contributed by atoms with van der Waals surface area (Å²) >= 11 is 0. The van der Waals surface area contributed by atoms with Crippen LogP contribution in [0.2, 0.25) is 0 Å². The predicted molar refractivity (Wildman–Crippen MR) is 65.2 cm³/mol. The van der Waals surface area contributed by atoms with Crippen molar-refractivity contribution < 1.29 is 0 Å². The molecule has 2 aromatic carbocycles. The topological polar surface area (TPSA) is 15.6 Å². The molecule has 0 spiro atoms. The normalized spacial score (nSPS) is 11.1. The SMILES string of the molecule is CN(C)/N=C/c1ccc2ccccc2c1. The first-order valence-electron chi connectivity index (χ1n) is 4.96. The van der Waals surface area contributed by atoms with Crippen molar-refractivity contribution >= 4 is 17.0 Å². The van der Waals surface area contributed by atoms with Crippen molar-refractivity contribution in [2.24, 2.45) is 5.10 Å². The van der Waals surface area contributed by atoms with Crippen molar-refractivity contribution in [2.45, 2.75) is 0 Å². The van der Waals surface area contributed by atoms with E-state index in [0.29, 0.717) is 0 Å². The Morgan fingerprint density at radius 3 is 2.47 bits per heavy atom. The average molecular weight is 198 g/mol. The van der Waals surface area contributed by atoms with Crippen molar-refractivity contribution in [1.82, 2.24) is 5.01 Å². The van der Waals surface area contributed by atoms with Gasteiger partial charge in [0, 0.05) is 14.1 Å². The Balaban J connectivity index is 2.39. The van der Waals surface area contributed by atoms with Crippen LogP contribution in [0.4, 0.5) is 0 Å². The molecule has 0 aliphatic rings. The van der Waals surface area contributed by atoms with Gasteiger partial charge in [-0.3, -0.25) is 0 Å². The van der Waals surface area contributed by atoms with Gasteiger partial charge in [0.25, 0.3) is 0 Å². The molecule has 0 saturated heterocycles. The molecule has 0 atom stereocenters. The second kappa shape index (κ2) is 4.13. The summed E-state index contributed by atoms with van der Waals surface area (Å²) in [7, 11) is 3.83. The fourth-order valence-electron chi connectivity index (χ4n) is 1.47. The van der Waals surface area contributed by atoms with Gasteiger partial charge in [0.1, 0.15) is 0 Å². The van der Waals surface area contributed by atoms with Crippen molar-refractivity contribution in [3.05, 3.63) is 48.0 Å². The Labute approximate surface area is 89.8 Å². The minimum Gasteiger partial charge on any atom is -0.303 e. The summed E-state index contributed by atoms with van der Waals surface area (Å²) in [6.07, 6.45) is 1.87. The molecule has 0 saturated carbocycles. The molecule has 0 fully saturated rings. The lowest BCUT2D eigenvalue weighted by Crippen LogP contribution is -2.01. The van der Waals surface area contributed by atoms with Crippen molar-refractivity contribution in [3.8, 4) is 0 Å². The Morgan fingerprint density at radius 2 is 1.73 bits per heavy atom. The number of fused-ring (bicyclic) bond motifs is 1. The Bertz CT molecular complexity index is 487. The van der Waals surface area contributed by atoms with Gasteiger partial charge in [-0.25, -0.2) is 0 Å². The summed E-state index contributed by atoms with van der Waals surface area (Å²) in [5.74, 6) is 0. The molecule has 0 aromatic heterocycles. The highest BCUT2D eigenvalue weighted by molar-refractivity contribution is 5.90. The zero-order chi connectivity index (χ0) is 10.7. The van der Waals surface area contributed by atoms with Crippen LogP contribution in [0.5, 0.6) is 0 Å². The first-order valence-corrected chi connectivity index (χ1v) is 4.96. The van der Waals surface area contributed by atoms with Gasteiger partial charge in [0.05, 0.1) is 6.21 Å². The van der Waals surface area contributed by atoms with Crippen molar-refractivity contribution in [2.75, 3.05) is 14.1 Å². The summed E-state index contributed by atoms with van der Waals surface area (Å²) in [6, 6.07) is 14.7. The van der Waals surface area contributed by atoms with Crippen LogP contribution in [0, 0.1) is 0 Å². The number of rotatable bonds is 2. The van der Waals surface area contributed by atoms with E-state index in [1.807, 2.05) is 20.3 Å². The van der Waals surface area contributed by atoms with Gasteiger partial charge in [-0.1, -0.05) is 36.4 Å². The molecule has 0 radical (unpaired) electrons. The van der Waals surface area contributed by atoms with Gasteiger partial charge in [-0.15, -0.1) is 0 Å². The fraction of sp³-hybridized carbons (Fsp3) is 0.154. The van der Waals surface area contributed by atoms with Gasteiger partial charge in [0.15, 0.2) is 0 Å². The van der Waals surface area contributed by atoms with Crippen LogP contribution >= 0.6 is 0 Å². The van der Waals surface area contributed by atoms with Gasteiger partial charge >= 0.3 is 0 Å². The molecule has 2 rings (SSSR count). The van der Waals surface area contributed by atoms with Crippen LogP contribution in [0.3, 0.4) is 0 Å². The van der Waals surface area contributed by atoms with Gasteiger partial charge in [0.2, 0.25) is 0 Å². The number of hydrazone groups is 1. The van der Waals surface area contributed by atoms with E-state index >= 15 is 0 Å². The molecule has 0 unspecified atom stereocenters.